The van der Waals surface area contributed by atoms with Gasteiger partial charge in [-0.1, -0.05) is 36.4 Å². The Kier molecular flexibility index (Phi) is 5.42. The monoisotopic (exact) mass is 361 g/mol. The first-order valence-electron chi connectivity index (χ1n) is 8.39. The lowest BCUT2D eigenvalue weighted by atomic mass is 9.99. The van der Waals surface area contributed by atoms with Gasteiger partial charge in [-0.15, -0.1) is 0 Å². The van der Waals surface area contributed by atoms with Gasteiger partial charge in [-0.05, 0) is 30.2 Å². The number of hydrogen-bond donors (Lipinski definition) is 0. The Labute approximate surface area is 149 Å². The number of hydrogen-bond acceptors (Lipinski definition) is 4. The SMILES string of the molecule is CCOc1ccccc1S(=O)(=O)N(C)CC1Cc2ccccc2CO1. The van der Waals surface area contributed by atoms with Crippen molar-refractivity contribution in [2.75, 3.05) is 20.2 Å². The van der Waals surface area contributed by atoms with Crippen molar-refractivity contribution in [1.82, 2.24) is 4.31 Å². The van der Waals surface area contributed by atoms with Crippen molar-refractivity contribution in [3.8, 4) is 5.75 Å². The summed E-state index contributed by atoms with van der Waals surface area (Å²) in [5.41, 5.74) is 2.39. The highest BCUT2D eigenvalue weighted by Crippen LogP contribution is 2.27. The van der Waals surface area contributed by atoms with E-state index in [2.05, 4.69) is 6.07 Å². The molecule has 2 aromatic rings. The van der Waals surface area contributed by atoms with Crippen LogP contribution in [0.25, 0.3) is 0 Å². The van der Waals surface area contributed by atoms with Gasteiger partial charge in [0.15, 0.2) is 0 Å². The number of likely N-dealkylation sites (N-methyl/N-ethyl adjacent to an activating group) is 1. The molecule has 1 aliphatic rings. The van der Waals surface area contributed by atoms with E-state index >= 15 is 0 Å². The highest BCUT2D eigenvalue weighted by molar-refractivity contribution is 7.89. The first kappa shape index (κ1) is 17.9. The molecule has 0 spiro atoms. The molecule has 1 unspecified atom stereocenters. The summed E-state index contributed by atoms with van der Waals surface area (Å²) in [6, 6.07) is 14.8. The average molecular weight is 361 g/mol. The summed E-state index contributed by atoms with van der Waals surface area (Å²) in [4.78, 5) is 0.190. The number of rotatable bonds is 6. The minimum Gasteiger partial charge on any atom is -0.492 e. The molecule has 0 aromatic heterocycles. The molecule has 0 saturated heterocycles. The van der Waals surface area contributed by atoms with Crippen LogP contribution in [0.4, 0.5) is 0 Å². The molecule has 25 heavy (non-hydrogen) atoms. The van der Waals surface area contributed by atoms with Gasteiger partial charge in [0, 0.05) is 20.0 Å². The van der Waals surface area contributed by atoms with E-state index in [-0.39, 0.29) is 11.0 Å². The van der Waals surface area contributed by atoms with Gasteiger partial charge in [0.25, 0.3) is 0 Å². The van der Waals surface area contributed by atoms with Crippen molar-refractivity contribution in [1.29, 1.82) is 0 Å². The summed E-state index contributed by atoms with van der Waals surface area (Å²) < 4.78 is 38.5. The maximum absolute atomic E-state index is 12.9. The number of sulfonamides is 1. The normalized spacial score (nSPS) is 17.3. The number of para-hydroxylation sites is 1. The number of nitrogens with zero attached hydrogens (tertiary/aromatic N) is 1. The highest BCUT2D eigenvalue weighted by Gasteiger charge is 2.28. The molecule has 0 amide bonds. The maximum atomic E-state index is 12.9. The molecule has 3 rings (SSSR count). The molecule has 134 valence electrons. The van der Waals surface area contributed by atoms with Crippen LogP contribution >= 0.6 is 0 Å². The first-order chi connectivity index (χ1) is 12.0. The van der Waals surface area contributed by atoms with E-state index in [0.29, 0.717) is 31.9 Å². The Bertz CT molecular complexity index is 835. The quantitative estimate of drug-likeness (QED) is 0.794. The lowest BCUT2D eigenvalue weighted by Crippen LogP contribution is -2.38. The topological polar surface area (TPSA) is 55.8 Å². The van der Waals surface area contributed by atoms with E-state index in [4.69, 9.17) is 9.47 Å². The summed E-state index contributed by atoms with van der Waals surface area (Å²) in [6.07, 6.45) is 0.553. The van der Waals surface area contributed by atoms with Gasteiger partial charge in [-0.2, -0.15) is 4.31 Å². The van der Waals surface area contributed by atoms with Crippen LogP contribution in [0.5, 0.6) is 5.75 Å². The molecule has 0 bridgehead atoms. The number of ether oxygens (including phenoxy) is 2. The van der Waals surface area contributed by atoms with Crippen molar-refractivity contribution in [2.45, 2.75) is 31.0 Å². The highest BCUT2D eigenvalue weighted by atomic mass is 32.2. The second-order valence-corrected chi connectivity index (χ2v) is 8.08. The molecule has 1 atom stereocenters. The maximum Gasteiger partial charge on any atom is 0.246 e. The Hall–Kier alpha value is -1.89. The van der Waals surface area contributed by atoms with Gasteiger partial charge in [0.05, 0.1) is 19.3 Å². The summed E-state index contributed by atoms with van der Waals surface area (Å²) in [6.45, 7) is 3.07. The van der Waals surface area contributed by atoms with E-state index in [1.807, 2.05) is 25.1 Å². The first-order valence-corrected chi connectivity index (χ1v) is 9.83. The van der Waals surface area contributed by atoms with Gasteiger partial charge in [0.2, 0.25) is 10.0 Å². The fourth-order valence-corrected chi connectivity index (χ4v) is 4.35. The van der Waals surface area contributed by atoms with Gasteiger partial charge >= 0.3 is 0 Å². The molecule has 1 aliphatic heterocycles. The van der Waals surface area contributed by atoms with Crippen LogP contribution in [0.3, 0.4) is 0 Å². The predicted octanol–water partition coefficient (Wildman–Crippen LogP) is 2.85. The minimum absolute atomic E-state index is 0.158. The van der Waals surface area contributed by atoms with Crippen LogP contribution in [-0.2, 0) is 27.8 Å². The Morgan fingerprint density at radius 3 is 2.56 bits per heavy atom. The van der Waals surface area contributed by atoms with Crippen LogP contribution in [-0.4, -0.2) is 39.0 Å². The smallest absolute Gasteiger partial charge is 0.246 e. The van der Waals surface area contributed by atoms with E-state index in [1.54, 1.807) is 31.3 Å². The third kappa shape index (κ3) is 3.86. The molecular weight excluding hydrogens is 338 g/mol. The van der Waals surface area contributed by atoms with Gasteiger partial charge in [0.1, 0.15) is 10.6 Å². The van der Waals surface area contributed by atoms with Gasteiger partial charge in [-0.3, -0.25) is 0 Å². The largest absolute Gasteiger partial charge is 0.492 e. The van der Waals surface area contributed by atoms with Gasteiger partial charge < -0.3 is 9.47 Å². The summed E-state index contributed by atoms with van der Waals surface area (Å²) >= 11 is 0. The summed E-state index contributed by atoms with van der Waals surface area (Å²) in [5, 5.41) is 0. The Morgan fingerprint density at radius 1 is 1.12 bits per heavy atom. The van der Waals surface area contributed by atoms with Crippen LogP contribution in [0.2, 0.25) is 0 Å². The molecule has 0 N–H and O–H groups in total. The Morgan fingerprint density at radius 2 is 1.80 bits per heavy atom. The molecule has 5 nitrogen and oxygen atoms in total. The second kappa shape index (κ2) is 7.56. The second-order valence-electron chi connectivity index (χ2n) is 6.07. The zero-order chi connectivity index (χ0) is 17.9. The molecule has 0 aliphatic carbocycles. The zero-order valence-corrected chi connectivity index (χ0v) is 15.3. The fourth-order valence-electron chi connectivity index (χ4n) is 3.02. The average Bonchev–Trinajstić information content (AvgIpc) is 2.62. The van der Waals surface area contributed by atoms with Crippen molar-refractivity contribution in [3.05, 3.63) is 59.7 Å². The lowest BCUT2D eigenvalue weighted by molar-refractivity contribution is 0.0202. The predicted molar refractivity (Wildman–Crippen MR) is 96.1 cm³/mol. The molecule has 2 aromatic carbocycles. The summed E-state index contributed by atoms with van der Waals surface area (Å²) in [7, 11) is -2.05. The molecule has 0 saturated carbocycles. The molecule has 0 fully saturated rings. The van der Waals surface area contributed by atoms with Crippen LogP contribution in [0, 0.1) is 0 Å². The van der Waals surface area contributed by atoms with E-state index in [0.717, 1.165) is 0 Å². The molecule has 6 heteroatoms. The van der Waals surface area contributed by atoms with Crippen molar-refractivity contribution in [2.24, 2.45) is 0 Å². The Balaban J connectivity index is 1.76. The van der Waals surface area contributed by atoms with E-state index < -0.39 is 10.0 Å². The molecule has 0 radical (unpaired) electrons. The third-order valence-electron chi connectivity index (χ3n) is 4.34. The van der Waals surface area contributed by atoms with Crippen LogP contribution in [0.1, 0.15) is 18.1 Å². The zero-order valence-electron chi connectivity index (χ0n) is 14.5. The van der Waals surface area contributed by atoms with Crippen molar-refractivity contribution >= 4 is 10.0 Å². The van der Waals surface area contributed by atoms with Crippen LogP contribution in [0.15, 0.2) is 53.4 Å². The molecular formula is C19H23NO4S. The molecule has 1 heterocycles. The summed E-state index contributed by atoms with van der Waals surface area (Å²) in [5.74, 6) is 0.381. The fraction of sp³-hybridized carbons (Fsp3) is 0.368. The third-order valence-corrected chi connectivity index (χ3v) is 6.20. The van der Waals surface area contributed by atoms with E-state index in [9.17, 15) is 8.42 Å². The van der Waals surface area contributed by atoms with E-state index in [1.165, 1.54) is 15.4 Å². The van der Waals surface area contributed by atoms with Gasteiger partial charge in [-0.25, -0.2) is 8.42 Å². The minimum atomic E-state index is -3.64. The van der Waals surface area contributed by atoms with Crippen molar-refractivity contribution < 1.29 is 17.9 Å². The number of fused-ring (bicyclic) bond motifs is 1. The lowest BCUT2D eigenvalue weighted by Gasteiger charge is -2.29. The van der Waals surface area contributed by atoms with Crippen LogP contribution < -0.4 is 4.74 Å². The number of benzene rings is 2. The standard InChI is InChI=1S/C19H23NO4S/c1-3-23-18-10-6-7-11-19(18)25(21,22)20(2)13-17-12-15-8-4-5-9-16(15)14-24-17/h4-11,17H,3,12-14H2,1-2H3. The van der Waals surface area contributed by atoms with Crippen molar-refractivity contribution in [3.63, 3.8) is 0 Å².